The molecule has 0 aliphatic heterocycles. The average Bonchev–Trinajstić information content (AvgIpc) is 2.35. The number of nitrogens with one attached hydrogen (secondary N) is 1. The molecule has 1 rings (SSSR count). The maximum absolute atomic E-state index is 10.8. The van der Waals surface area contributed by atoms with Gasteiger partial charge in [-0.1, -0.05) is 13.0 Å². The van der Waals surface area contributed by atoms with Gasteiger partial charge in [0.2, 0.25) is 0 Å². The van der Waals surface area contributed by atoms with E-state index in [0.29, 0.717) is 24.2 Å². The summed E-state index contributed by atoms with van der Waals surface area (Å²) in [7, 11) is 0. The molecule has 1 unspecified atom stereocenters. The normalized spacial score (nSPS) is 11.9. The van der Waals surface area contributed by atoms with E-state index >= 15 is 0 Å². The van der Waals surface area contributed by atoms with E-state index in [-0.39, 0.29) is 18.0 Å². The number of nitro groups is 1. The lowest BCUT2D eigenvalue weighted by Crippen LogP contribution is -2.13. The number of carbonyl (C=O) groups is 1. The van der Waals surface area contributed by atoms with Crippen molar-refractivity contribution in [1.29, 1.82) is 0 Å². The maximum atomic E-state index is 10.8. The Kier molecular flexibility index (Phi) is 5.29. The van der Waals surface area contributed by atoms with Gasteiger partial charge in [0.15, 0.2) is 0 Å². The summed E-state index contributed by atoms with van der Waals surface area (Å²) in [5.74, 6) is -0.616. The molecule has 19 heavy (non-hydrogen) atoms. The van der Waals surface area contributed by atoms with Crippen molar-refractivity contribution in [1.82, 2.24) is 0 Å². The van der Waals surface area contributed by atoms with Crippen LogP contribution < -0.4 is 5.32 Å². The quantitative estimate of drug-likeness (QED) is 0.584. The monoisotopic (exact) mass is 266 g/mol. The van der Waals surface area contributed by atoms with Gasteiger partial charge in [0, 0.05) is 30.3 Å². The first-order chi connectivity index (χ1) is 8.90. The van der Waals surface area contributed by atoms with Crippen LogP contribution in [0.1, 0.15) is 25.3 Å². The predicted octanol–water partition coefficient (Wildman–Crippen LogP) is 2.82. The molecule has 0 aliphatic rings. The second-order valence-electron chi connectivity index (χ2n) is 4.68. The summed E-state index contributed by atoms with van der Waals surface area (Å²) in [6.07, 6.45) is 0.715. The van der Waals surface area contributed by atoms with E-state index in [0.717, 1.165) is 0 Å². The van der Waals surface area contributed by atoms with Crippen LogP contribution in [0.25, 0.3) is 0 Å². The molecule has 104 valence electrons. The molecule has 0 saturated heterocycles. The van der Waals surface area contributed by atoms with Crippen molar-refractivity contribution < 1.29 is 14.8 Å². The molecule has 0 aliphatic carbocycles. The lowest BCUT2D eigenvalue weighted by molar-refractivity contribution is -0.385. The Morgan fingerprint density at radius 2 is 2.21 bits per heavy atom. The molecule has 0 saturated carbocycles. The fourth-order valence-corrected chi connectivity index (χ4v) is 1.68. The molecule has 1 aromatic rings. The van der Waals surface area contributed by atoms with E-state index in [1.54, 1.807) is 19.1 Å². The van der Waals surface area contributed by atoms with Crippen LogP contribution in [-0.4, -0.2) is 22.5 Å². The van der Waals surface area contributed by atoms with Gasteiger partial charge in [0.25, 0.3) is 5.69 Å². The minimum Gasteiger partial charge on any atom is -0.481 e. The van der Waals surface area contributed by atoms with Crippen molar-refractivity contribution in [3.05, 3.63) is 33.9 Å². The Balaban J connectivity index is 2.56. The van der Waals surface area contributed by atoms with E-state index < -0.39 is 10.9 Å². The van der Waals surface area contributed by atoms with Crippen molar-refractivity contribution in [2.45, 2.75) is 26.7 Å². The number of hydrogen-bond donors (Lipinski definition) is 2. The van der Waals surface area contributed by atoms with Gasteiger partial charge in [-0.2, -0.15) is 0 Å². The molecule has 0 amide bonds. The Morgan fingerprint density at radius 1 is 1.53 bits per heavy atom. The number of rotatable bonds is 7. The van der Waals surface area contributed by atoms with E-state index in [9.17, 15) is 14.9 Å². The number of aryl methyl sites for hydroxylation is 1. The zero-order chi connectivity index (χ0) is 14.4. The lowest BCUT2D eigenvalue weighted by Gasteiger charge is -2.12. The standard InChI is InChI=1S/C13H18N2O4/c1-9(3-6-13(16)17)8-14-11-5-4-10(2)12(7-11)15(18)19/h4-5,7,9,14H,3,6,8H2,1-2H3,(H,16,17). The lowest BCUT2D eigenvalue weighted by atomic mass is 10.1. The highest BCUT2D eigenvalue weighted by molar-refractivity contribution is 5.66. The number of benzene rings is 1. The topological polar surface area (TPSA) is 92.5 Å². The van der Waals surface area contributed by atoms with E-state index in [4.69, 9.17) is 5.11 Å². The summed E-state index contributed by atoms with van der Waals surface area (Å²) in [6, 6.07) is 4.98. The molecule has 6 heteroatoms. The molecule has 0 fully saturated rings. The molecule has 1 aromatic carbocycles. The molecule has 2 N–H and O–H groups in total. The van der Waals surface area contributed by atoms with Crippen LogP contribution in [0.15, 0.2) is 18.2 Å². The van der Waals surface area contributed by atoms with Crippen LogP contribution in [0.3, 0.4) is 0 Å². The number of carboxylic acids is 1. The highest BCUT2D eigenvalue weighted by atomic mass is 16.6. The van der Waals surface area contributed by atoms with Gasteiger partial charge in [-0.3, -0.25) is 14.9 Å². The molecular formula is C13H18N2O4. The highest BCUT2D eigenvalue weighted by Gasteiger charge is 2.11. The van der Waals surface area contributed by atoms with E-state index in [1.165, 1.54) is 6.07 Å². The van der Waals surface area contributed by atoms with E-state index in [2.05, 4.69) is 5.32 Å². The third kappa shape index (κ3) is 4.95. The van der Waals surface area contributed by atoms with Gasteiger partial charge in [-0.25, -0.2) is 0 Å². The van der Waals surface area contributed by atoms with Gasteiger partial charge in [-0.05, 0) is 25.3 Å². The fraction of sp³-hybridized carbons (Fsp3) is 0.462. The van der Waals surface area contributed by atoms with Crippen LogP contribution in [-0.2, 0) is 4.79 Å². The first-order valence-corrected chi connectivity index (χ1v) is 6.11. The van der Waals surface area contributed by atoms with E-state index in [1.807, 2.05) is 6.92 Å². The Morgan fingerprint density at radius 3 is 2.79 bits per heavy atom. The number of nitrogens with zero attached hydrogens (tertiary/aromatic N) is 1. The van der Waals surface area contributed by atoms with Crippen LogP contribution >= 0.6 is 0 Å². The Labute approximate surface area is 111 Å². The van der Waals surface area contributed by atoms with Crippen LogP contribution in [0.2, 0.25) is 0 Å². The van der Waals surface area contributed by atoms with Crippen molar-refractivity contribution >= 4 is 17.3 Å². The van der Waals surface area contributed by atoms with Crippen LogP contribution in [0.5, 0.6) is 0 Å². The Hall–Kier alpha value is -2.11. The summed E-state index contributed by atoms with van der Waals surface area (Å²) in [4.78, 5) is 20.8. The summed E-state index contributed by atoms with van der Waals surface area (Å²) in [5.41, 5.74) is 1.39. The molecule has 0 spiro atoms. The zero-order valence-electron chi connectivity index (χ0n) is 11.0. The third-order valence-electron chi connectivity index (χ3n) is 2.91. The minimum atomic E-state index is -0.808. The molecule has 0 bridgehead atoms. The summed E-state index contributed by atoms with van der Waals surface area (Å²) >= 11 is 0. The molecule has 0 aromatic heterocycles. The molecular weight excluding hydrogens is 248 g/mol. The van der Waals surface area contributed by atoms with Gasteiger partial charge in [0.1, 0.15) is 0 Å². The minimum absolute atomic E-state index is 0.0863. The Bertz CT molecular complexity index is 474. The number of nitro benzene ring substituents is 1. The van der Waals surface area contributed by atoms with Crippen molar-refractivity contribution in [2.75, 3.05) is 11.9 Å². The molecule has 0 heterocycles. The third-order valence-corrected chi connectivity index (χ3v) is 2.91. The van der Waals surface area contributed by atoms with Crippen molar-refractivity contribution in [3.63, 3.8) is 0 Å². The largest absolute Gasteiger partial charge is 0.481 e. The van der Waals surface area contributed by atoms with Gasteiger partial charge in [-0.15, -0.1) is 0 Å². The zero-order valence-corrected chi connectivity index (χ0v) is 11.0. The summed E-state index contributed by atoms with van der Waals surface area (Å²) in [5, 5.41) is 22.5. The molecule has 6 nitrogen and oxygen atoms in total. The SMILES string of the molecule is Cc1ccc(NCC(C)CCC(=O)O)cc1[N+](=O)[O-]. The highest BCUT2D eigenvalue weighted by Crippen LogP contribution is 2.22. The van der Waals surface area contributed by atoms with Gasteiger partial charge in [0.05, 0.1) is 4.92 Å². The summed E-state index contributed by atoms with van der Waals surface area (Å²) in [6.45, 7) is 4.23. The number of carboxylic acid groups (broad SMARTS) is 1. The number of hydrogen-bond acceptors (Lipinski definition) is 4. The van der Waals surface area contributed by atoms with Gasteiger partial charge < -0.3 is 10.4 Å². The first-order valence-electron chi connectivity index (χ1n) is 6.11. The van der Waals surface area contributed by atoms with Crippen molar-refractivity contribution in [2.24, 2.45) is 5.92 Å². The predicted molar refractivity (Wildman–Crippen MR) is 72.4 cm³/mol. The fourth-order valence-electron chi connectivity index (χ4n) is 1.68. The smallest absolute Gasteiger partial charge is 0.303 e. The second kappa shape index (κ2) is 6.72. The molecule has 0 radical (unpaired) electrons. The first kappa shape index (κ1) is 14.9. The maximum Gasteiger partial charge on any atom is 0.303 e. The number of aliphatic carboxylic acids is 1. The number of anilines is 1. The average molecular weight is 266 g/mol. The summed E-state index contributed by atoms with van der Waals surface area (Å²) < 4.78 is 0. The van der Waals surface area contributed by atoms with Crippen LogP contribution in [0.4, 0.5) is 11.4 Å². The van der Waals surface area contributed by atoms with Gasteiger partial charge >= 0.3 is 5.97 Å². The van der Waals surface area contributed by atoms with Crippen molar-refractivity contribution in [3.8, 4) is 0 Å². The second-order valence-corrected chi connectivity index (χ2v) is 4.68. The van der Waals surface area contributed by atoms with Crippen LogP contribution in [0, 0.1) is 23.0 Å². The molecule has 1 atom stereocenters.